The van der Waals surface area contributed by atoms with E-state index in [0.29, 0.717) is 12.8 Å². The van der Waals surface area contributed by atoms with Crippen LogP contribution in [0.4, 0.5) is 0 Å². The topological polar surface area (TPSA) is 102 Å². The lowest BCUT2D eigenvalue weighted by atomic mass is 10.1. The minimum absolute atomic E-state index is 0.00763. The van der Waals surface area contributed by atoms with Gasteiger partial charge in [0.05, 0.1) is 26.4 Å². The Kier molecular flexibility index (Phi) is 27.0. The van der Waals surface area contributed by atoms with Crippen molar-refractivity contribution in [3.8, 4) is 0 Å². The van der Waals surface area contributed by atoms with Gasteiger partial charge in [-0.15, -0.1) is 0 Å². The maximum atomic E-state index is 12.0. The number of carbonyl (C=O) groups is 2. The Morgan fingerprint density at radius 3 is 1.11 bits per heavy atom. The zero-order chi connectivity index (χ0) is 27.4. The van der Waals surface area contributed by atoms with Crippen molar-refractivity contribution in [1.29, 1.82) is 0 Å². The van der Waals surface area contributed by atoms with E-state index in [4.69, 9.17) is 14.2 Å². The van der Waals surface area contributed by atoms with Gasteiger partial charge >= 0.3 is 11.9 Å². The molecule has 0 aromatic heterocycles. The second kappa shape index (κ2) is 27.8. The zero-order valence-electron chi connectivity index (χ0n) is 24.1. The van der Waals surface area contributed by atoms with Gasteiger partial charge in [0.2, 0.25) is 0 Å². The summed E-state index contributed by atoms with van der Waals surface area (Å²) in [4.78, 5) is 24.1. The lowest BCUT2D eigenvalue weighted by molar-refractivity contribution is -0.160. The number of hydrogen-bond acceptors (Lipinski definition) is 7. The second-order valence-electron chi connectivity index (χ2n) is 10.3. The Balaban J connectivity index is 3.83. The summed E-state index contributed by atoms with van der Waals surface area (Å²) in [5, 5.41) is 19.0. The average Bonchev–Trinajstić information content (AvgIpc) is 2.89. The highest BCUT2D eigenvalue weighted by molar-refractivity contribution is 5.69. The molecule has 0 spiro atoms. The van der Waals surface area contributed by atoms with Crippen molar-refractivity contribution in [3.63, 3.8) is 0 Å². The van der Waals surface area contributed by atoms with Crippen LogP contribution in [0.5, 0.6) is 0 Å². The Morgan fingerprint density at radius 1 is 0.514 bits per heavy atom. The highest BCUT2D eigenvalue weighted by atomic mass is 16.6. The second-order valence-corrected chi connectivity index (χ2v) is 10.3. The zero-order valence-corrected chi connectivity index (χ0v) is 24.1. The van der Waals surface area contributed by atoms with Gasteiger partial charge in [-0.1, -0.05) is 117 Å². The minimum Gasteiger partial charge on any atom is -0.457 e. The van der Waals surface area contributed by atoms with Crippen LogP contribution < -0.4 is 0 Å². The molecule has 7 heteroatoms. The van der Waals surface area contributed by atoms with Crippen molar-refractivity contribution in [3.05, 3.63) is 0 Å². The number of unbranched alkanes of at least 4 members (excludes halogenated alkanes) is 16. The summed E-state index contributed by atoms with van der Waals surface area (Å²) in [5.41, 5.74) is 0. The third kappa shape index (κ3) is 24.9. The van der Waals surface area contributed by atoms with Crippen molar-refractivity contribution in [2.75, 3.05) is 26.4 Å². The molecule has 37 heavy (non-hydrogen) atoms. The first kappa shape index (κ1) is 35.8. The van der Waals surface area contributed by atoms with E-state index < -0.39 is 12.2 Å². The van der Waals surface area contributed by atoms with E-state index in [1.54, 1.807) is 0 Å². The maximum Gasteiger partial charge on any atom is 0.306 e. The lowest BCUT2D eigenvalue weighted by Gasteiger charge is -2.19. The van der Waals surface area contributed by atoms with Crippen LogP contribution >= 0.6 is 0 Å². The number of carbonyl (C=O) groups excluding carboxylic acids is 2. The number of aliphatic hydroxyl groups is 2. The molecule has 0 radical (unpaired) electrons. The summed E-state index contributed by atoms with van der Waals surface area (Å²) in [6, 6.07) is 0. The summed E-state index contributed by atoms with van der Waals surface area (Å²) >= 11 is 0. The lowest BCUT2D eigenvalue weighted by Crippen LogP contribution is -2.32. The molecule has 2 N–H and O–H groups in total. The molecule has 0 aliphatic rings. The van der Waals surface area contributed by atoms with Gasteiger partial charge in [-0.25, -0.2) is 0 Å². The quantitative estimate of drug-likeness (QED) is 0.0862. The summed E-state index contributed by atoms with van der Waals surface area (Å²) in [5.74, 6) is -0.673. The van der Waals surface area contributed by atoms with Gasteiger partial charge in [0.25, 0.3) is 0 Å². The van der Waals surface area contributed by atoms with Crippen LogP contribution in [-0.2, 0) is 23.8 Å². The molecule has 7 nitrogen and oxygen atoms in total. The van der Waals surface area contributed by atoms with Gasteiger partial charge in [-0.2, -0.15) is 0 Å². The third-order valence-electron chi connectivity index (χ3n) is 6.58. The van der Waals surface area contributed by atoms with E-state index in [2.05, 4.69) is 13.8 Å². The number of ether oxygens (including phenoxy) is 3. The third-order valence-corrected chi connectivity index (χ3v) is 6.58. The van der Waals surface area contributed by atoms with E-state index in [9.17, 15) is 19.8 Å². The van der Waals surface area contributed by atoms with Gasteiger partial charge in [0, 0.05) is 12.8 Å². The SMILES string of the molecule is CCCCCCCCCCCC(=O)OC(CO)COCC(CO)OC(=O)CCCCCCCCCCC. The van der Waals surface area contributed by atoms with Gasteiger partial charge in [-0.05, 0) is 12.8 Å². The number of esters is 2. The molecular weight excluding hydrogens is 472 g/mol. The maximum absolute atomic E-state index is 12.0. The van der Waals surface area contributed by atoms with Crippen molar-refractivity contribution >= 4 is 11.9 Å². The molecular formula is C30H58O7. The summed E-state index contributed by atoms with van der Waals surface area (Å²) in [6.07, 6.45) is 20.3. The fraction of sp³-hybridized carbons (Fsp3) is 0.933. The Morgan fingerprint density at radius 2 is 0.811 bits per heavy atom. The van der Waals surface area contributed by atoms with Gasteiger partial charge in [0.15, 0.2) is 0 Å². The monoisotopic (exact) mass is 530 g/mol. The van der Waals surface area contributed by atoms with E-state index >= 15 is 0 Å². The molecule has 0 aliphatic heterocycles. The fourth-order valence-corrected chi connectivity index (χ4v) is 4.23. The molecule has 0 saturated carbocycles. The van der Waals surface area contributed by atoms with Crippen LogP contribution in [0.25, 0.3) is 0 Å². The molecule has 0 amide bonds. The van der Waals surface area contributed by atoms with Crippen LogP contribution in [0.15, 0.2) is 0 Å². The standard InChI is InChI=1S/C30H58O7/c1-3-5-7-9-11-13-15-17-19-21-29(33)36-27(23-31)25-35-26-28(24-32)37-30(34)22-20-18-16-14-12-10-8-6-4-2/h27-28,31-32H,3-26H2,1-2H3. The minimum atomic E-state index is -0.761. The molecule has 0 aromatic carbocycles. The van der Waals surface area contributed by atoms with E-state index in [1.807, 2.05) is 0 Å². The predicted molar refractivity (Wildman–Crippen MR) is 148 cm³/mol. The van der Waals surface area contributed by atoms with Crippen LogP contribution in [0.1, 0.15) is 142 Å². The van der Waals surface area contributed by atoms with Crippen LogP contribution in [-0.4, -0.2) is 60.8 Å². The van der Waals surface area contributed by atoms with Crippen LogP contribution in [0, 0.1) is 0 Å². The molecule has 0 aromatic rings. The highest BCUT2D eigenvalue weighted by Crippen LogP contribution is 2.12. The summed E-state index contributed by atoms with van der Waals surface area (Å²) in [6.45, 7) is 3.74. The summed E-state index contributed by atoms with van der Waals surface area (Å²) in [7, 11) is 0. The number of rotatable bonds is 28. The summed E-state index contributed by atoms with van der Waals surface area (Å²) < 4.78 is 16.1. The Labute approximate surface area is 227 Å². The molecule has 0 saturated heterocycles. The van der Waals surface area contributed by atoms with Gasteiger partial charge in [-0.3, -0.25) is 9.59 Å². The normalized spacial score (nSPS) is 12.9. The Bertz CT molecular complexity index is 468. The van der Waals surface area contributed by atoms with Crippen molar-refractivity contribution in [2.45, 2.75) is 154 Å². The van der Waals surface area contributed by atoms with Crippen molar-refractivity contribution in [1.82, 2.24) is 0 Å². The first-order valence-electron chi connectivity index (χ1n) is 15.3. The molecule has 0 heterocycles. The molecule has 0 bridgehead atoms. The van der Waals surface area contributed by atoms with E-state index in [-0.39, 0.29) is 38.4 Å². The first-order valence-corrected chi connectivity index (χ1v) is 15.3. The van der Waals surface area contributed by atoms with Crippen molar-refractivity contribution < 1.29 is 34.0 Å². The predicted octanol–water partition coefficient (Wildman–Crippen LogP) is 6.65. The van der Waals surface area contributed by atoms with Crippen LogP contribution in [0.2, 0.25) is 0 Å². The number of hydrogen-bond donors (Lipinski definition) is 2. The van der Waals surface area contributed by atoms with E-state index in [1.165, 1.54) is 77.0 Å². The smallest absolute Gasteiger partial charge is 0.306 e. The molecule has 0 aliphatic carbocycles. The largest absolute Gasteiger partial charge is 0.457 e. The first-order chi connectivity index (χ1) is 18.1. The van der Waals surface area contributed by atoms with E-state index in [0.717, 1.165) is 38.5 Å². The Hall–Kier alpha value is -1.18. The van der Waals surface area contributed by atoms with Gasteiger partial charge < -0.3 is 24.4 Å². The molecule has 0 rings (SSSR count). The fourth-order valence-electron chi connectivity index (χ4n) is 4.23. The van der Waals surface area contributed by atoms with Gasteiger partial charge in [0.1, 0.15) is 12.2 Å². The highest BCUT2D eigenvalue weighted by Gasteiger charge is 2.17. The molecule has 220 valence electrons. The van der Waals surface area contributed by atoms with Crippen molar-refractivity contribution in [2.24, 2.45) is 0 Å². The van der Waals surface area contributed by atoms with Crippen LogP contribution in [0.3, 0.4) is 0 Å². The molecule has 0 fully saturated rings. The molecule has 2 unspecified atom stereocenters. The molecule has 2 atom stereocenters. The number of aliphatic hydroxyl groups excluding tert-OH is 2. The average molecular weight is 531 g/mol.